The molecule has 0 saturated heterocycles. The molecule has 0 aliphatic heterocycles. The normalized spacial score (nSPS) is 10.8. The Balaban J connectivity index is 2.08. The quantitative estimate of drug-likeness (QED) is 0.608. The van der Waals surface area contributed by atoms with E-state index >= 15 is 0 Å². The number of methoxy groups -OCH3 is 1. The number of ketones is 1. The molecule has 0 amide bonds. The van der Waals surface area contributed by atoms with Crippen LogP contribution in [-0.2, 0) is 0 Å². The number of benzene rings is 1. The van der Waals surface area contributed by atoms with Crippen molar-refractivity contribution in [1.29, 1.82) is 0 Å². The molecule has 0 radical (unpaired) electrons. The average molecular weight is 242 g/mol. The van der Waals surface area contributed by atoms with Crippen LogP contribution in [0.25, 0.3) is 6.08 Å². The molecule has 0 saturated carbocycles. The Kier molecular flexibility index (Phi) is 3.63. The Morgan fingerprint density at radius 2 is 1.89 bits per heavy atom. The van der Waals surface area contributed by atoms with Crippen molar-refractivity contribution in [2.24, 2.45) is 0 Å². The summed E-state index contributed by atoms with van der Waals surface area (Å²) in [5, 5.41) is 0. The van der Waals surface area contributed by atoms with Crippen LogP contribution in [0.15, 0.2) is 46.9 Å². The van der Waals surface area contributed by atoms with Crippen LogP contribution in [0.5, 0.6) is 5.75 Å². The first kappa shape index (κ1) is 12.2. The average Bonchev–Trinajstić information content (AvgIpc) is 2.83. The second kappa shape index (κ2) is 5.36. The van der Waals surface area contributed by atoms with E-state index in [2.05, 4.69) is 0 Å². The monoisotopic (exact) mass is 242 g/mol. The second-order valence-corrected chi connectivity index (χ2v) is 3.88. The fraction of sp³-hybridized carbons (Fsp3) is 0.133. The van der Waals surface area contributed by atoms with E-state index < -0.39 is 0 Å². The van der Waals surface area contributed by atoms with Crippen LogP contribution in [0.1, 0.15) is 21.9 Å². The highest BCUT2D eigenvalue weighted by Gasteiger charge is 2.05. The van der Waals surface area contributed by atoms with Gasteiger partial charge in [0.2, 0.25) is 5.78 Å². The third kappa shape index (κ3) is 2.88. The van der Waals surface area contributed by atoms with Crippen LogP contribution < -0.4 is 4.74 Å². The van der Waals surface area contributed by atoms with Crippen molar-refractivity contribution in [3.8, 4) is 5.75 Å². The van der Waals surface area contributed by atoms with Gasteiger partial charge in [0, 0.05) is 0 Å². The number of furan rings is 1. The SMILES string of the molecule is COc1ccc(/C=C/C(=O)c2ccc(C)o2)cc1. The molecule has 1 aromatic heterocycles. The Morgan fingerprint density at radius 3 is 2.44 bits per heavy atom. The Morgan fingerprint density at radius 1 is 1.17 bits per heavy atom. The van der Waals surface area contributed by atoms with Crippen LogP contribution in [0.3, 0.4) is 0 Å². The molecule has 2 rings (SSSR count). The maximum absolute atomic E-state index is 11.7. The fourth-order valence-corrected chi connectivity index (χ4v) is 1.54. The van der Waals surface area contributed by atoms with Gasteiger partial charge in [0.1, 0.15) is 11.5 Å². The molecule has 0 fully saturated rings. The molecule has 3 nitrogen and oxygen atoms in total. The lowest BCUT2D eigenvalue weighted by molar-refractivity contribution is 0.102. The zero-order valence-corrected chi connectivity index (χ0v) is 10.3. The van der Waals surface area contributed by atoms with Crippen LogP contribution >= 0.6 is 0 Å². The zero-order chi connectivity index (χ0) is 13.0. The largest absolute Gasteiger partial charge is 0.497 e. The molecule has 0 unspecified atom stereocenters. The number of hydrogen-bond acceptors (Lipinski definition) is 3. The van der Waals surface area contributed by atoms with Crippen molar-refractivity contribution in [3.63, 3.8) is 0 Å². The van der Waals surface area contributed by atoms with Crippen molar-refractivity contribution in [1.82, 2.24) is 0 Å². The molecule has 18 heavy (non-hydrogen) atoms. The summed E-state index contributed by atoms with van der Waals surface area (Å²) < 4.78 is 10.3. The van der Waals surface area contributed by atoms with Gasteiger partial charge >= 0.3 is 0 Å². The van der Waals surface area contributed by atoms with Gasteiger partial charge in [-0.1, -0.05) is 18.2 Å². The summed E-state index contributed by atoms with van der Waals surface area (Å²) in [6, 6.07) is 10.9. The molecule has 0 spiro atoms. The molecule has 1 heterocycles. The van der Waals surface area contributed by atoms with Crippen LogP contribution in [0.2, 0.25) is 0 Å². The summed E-state index contributed by atoms with van der Waals surface area (Å²) >= 11 is 0. The molecule has 92 valence electrons. The van der Waals surface area contributed by atoms with E-state index in [1.54, 1.807) is 25.3 Å². The first-order valence-corrected chi connectivity index (χ1v) is 5.62. The van der Waals surface area contributed by atoms with E-state index in [1.807, 2.05) is 31.2 Å². The minimum absolute atomic E-state index is 0.140. The van der Waals surface area contributed by atoms with E-state index in [9.17, 15) is 4.79 Å². The van der Waals surface area contributed by atoms with Gasteiger partial charge < -0.3 is 9.15 Å². The lowest BCUT2D eigenvalue weighted by atomic mass is 10.2. The van der Waals surface area contributed by atoms with E-state index in [0.717, 1.165) is 17.1 Å². The van der Waals surface area contributed by atoms with E-state index in [-0.39, 0.29) is 5.78 Å². The highest BCUT2D eigenvalue weighted by atomic mass is 16.5. The topological polar surface area (TPSA) is 39.4 Å². The first-order chi connectivity index (χ1) is 8.69. The maximum atomic E-state index is 11.7. The lowest BCUT2D eigenvalue weighted by Gasteiger charge is -1.98. The van der Waals surface area contributed by atoms with Crippen molar-refractivity contribution in [3.05, 3.63) is 59.6 Å². The van der Waals surface area contributed by atoms with Gasteiger partial charge in [-0.3, -0.25) is 4.79 Å². The highest BCUT2D eigenvalue weighted by molar-refractivity contribution is 6.04. The molecule has 0 bridgehead atoms. The summed E-state index contributed by atoms with van der Waals surface area (Å²) in [7, 11) is 1.62. The highest BCUT2D eigenvalue weighted by Crippen LogP contribution is 2.13. The van der Waals surface area contributed by atoms with E-state index in [0.29, 0.717) is 5.76 Å². The van der Waals surface area contributed by atoms with Gasteiger partial charge in [-0.2, -0.15) is 0 Å². The second-order valence-electron chi connectivity index (χ2n) is 3.88. The molecule has 0 atom stereocenters. The molecule has 1 aromatic carbocycles. The molecule has 0 aliphatic rings. The number of rotatable bonds is 4. The molecule has 3 heteroatoms. The van der Waals surface area contributed by atoms with Crippen molar-refractivity contribution in [2.75, 3.05) is 7.11 Å². The lowest BCUT2D eigenvalue weighted by Crippen LogP contribution is -1.90. The Hall–Kier alpha value is -2.29. The minimum atomic E-state index is -0.140. The van der Waals surface area contributed by atoms with E-state index in [1.165, 1.54) is 6.08 Å². The minimum Gasteiger partial charge on any atom is -0.497 e. The van der Waals surface area contributed by atoms with E-state index in [4.69, 9.17) is 9.15 Å². The summed E-state index contributed by atoms with van der Waals surface area (Å²) in [6.07, 6.45) is 3.25. The molecular weight excluding hydrogens is 228 g/mol. The van der Waals surface area contributed by atoms with Crippen LogP contribution in [-0.4, -0.2) is 12.9 Å². The third-order valence-electron chi connectivity index (χ3n) is 2.53. The van der Waals surface area contributed by atoms with Crippen LogP contribution in [0.4, 0.5) is 0 Å². The van der Waals surface area contributed by atoms with Crippen LogP contribution in [0, 0.1) is 6.92 Å². The molecule has 0 N–H and O–H groups in total. The van der Waals surface area contributed by atoms with Gasteiger partial charge in [-0.05, 0) is 42.8 Å². The zero-order valence-electron chi connectivity index (χ0n) is 10.3. The number of allylic oxidation sites excluding steroid dienone is 1. The number of aryl methyl sites for hydroxylation is 1. The van der Waals surface area contributed by atoms with Gasteiger partial charge in [-0.25, -0.2) is 0 Å². The maximum Gasteiger partial charge on any atom is 0.221 e. The van der Waals surface area contributed by atoms with Crippen molar-refractivity contribution < 1.29 is 13.9 Å². The van der Waals surface area contributed by atoms with Gasteiger partial charge in [0.25, 0.3) is 0 Å². The molecule has 0 aliphatic carbocycles. The summed E-state index contributed by atoms with van der Waals surface area (Å²) in [6.45, 7) is 1.81. The summed E-state index contributed by atoms with van der Waals surface area (Å²) in [5.41, 5.74) is 0.937. The predicted octanol–water partition coefficient (Wildman–Crippen LogP) is 3.49. The Bertz CT molecular complexity index is 562. The predicted molar refractivity (Wildman–Crippen MR) is 69.8 cm³/mol. The van der Waals surface area contributed by atoms with Crippen molar-refractivity contribution >= 4 is 11.9 Å². The number of carbonyl (C=O) groups excluding carboxylic acids is 1. The summed E-state index contributed by atoms with van der Waals surface area (Å²) in [5.74, 6) is 1.74. The number of carbonyl (C=O) groups is 1. The van der Waals surface area contributed by atoms with Gasteiger partial charge in [0.05, 0.1) is 7.11 Å². The van der Waals surface area contributed by atoms with Gasteiger partial charge in [0.15, 0.2) is 5.76 Å². The first-order valence-electron chi connectivity index (χ1n) is 5.62. The number of ether oxygens (including phenoxy) is 1. The smallest absolute Gasteiger partial charge is 0.221 e. The standard InChI is InChI=1S/C15H14O3/c1-11-3-10-15(18-11)14(16)9-6-12-4-7-13(17-2)8-5-12/h3-10H,1-2H3/b9-6+. The number of hydrogen-bond donors (Lipinski definition) is 0. The van der Waals surface area contributed by atoms with Gasteiger partial charge in [-0.15, -0.1) is 0 Å². The molecular formula is C15H14O3. The molecule has 2 aromatic rings. The van der Waals surface area contributed by atoms with Crippen molar-refractivity contribution in [2.45, 2.75) is 6.92 Å². The fourth-order valence-electron chi connectivity index (χ4n) is 1.54. The third-order valence-corrected chi connectivity index (χ3v) is 2.53. The summed E-state index contributed by atoms with van der Waals surface area (Å²) in [4.78, 5) is 11.7. The Labute approximate surface area is 106 Å².